The van der Waals surface area contributed by atoms with Crippen molar-refractivity contribution in [2.45, 2.75) is 39.0 Å². The lowest BCUT2D eigenvalue weighted by atomic mass is 10.0. The summed E-state index contributed by atoms with van der Waals surface area (Å²) < 4.78 is 0. The maximum atomic E-state index is 13.1. The average molecular weight is 409 g/mol. The molecule has 1 fully saturated rings. The van der Waals surface area contributed by atoms with Crippen LogP contribution in [0.2, 0.25) is 0 Å². The van der Waals surface area contributed by atoms with Gasteiger partial charge in [-0.25, -0.2) is 4.79 Å². The van der Waals surface area contributed by atoms with Gasteiger partial charge in [0.05, 0.1) is 5.56 Å². The van der Waals surface area contributed by atoms with E-state index in [1.165, 1.54) is 12.0 Å². The molecular formula is C24H32N4O2. The third-order valence-corrected chi connectivity index (χ3v) is 5.45. The lowest BCUT2D eigenvalue weighted by molar-refractivity contribution is 0.0725. The third kappa shape index (κ3) is 5.32. The van der Waals surface area contributed by atoms with Crippen LogP contribution in [0.15, 0.2) is 42.5 Å². The van der Waals surface area contributed by atoms with Crippen LogP contribution in [0.1, 0.15) is 54.9 Å². The van der Waals surface area contributed by atoms with Crippen molar-refractivity contribution in [2.75, 3.05) is 42.7 Å². The molecule has 30 heavy (non-hydrogen) atoms. The minimum absolute atomic E-state index is 0.0201. The first-order chi connectivity index (χ1) is 14.3. The zero-order chi connectivity index (χ0) is 21.7. The number of urea groups is 1. The number of rotatable bonds is 5. The van der Waals surface area contributed by atoms with E-state index in [-0.39, 0.29) is 11.9 Å². The highest BCUT2D eigenvalue weighted by atomic mass is 16.2. The molecule has 1 aliphatic heterocycles. The minimum Gasteiger partial charge on any atom is -0.377 e. The molecule has 0 saturated carbocycles. The Labute approximate surface area is 179 Å². The minimum atomic E-state index is -0.332. The van der Waals surface area contributed by atoms with Crippen molar-refractivity contribution in [3.05, 3.63) is 53.6 Å². The highest BCUT2D eigenvalue weighted by Gasteiger charge is 2.22. The summed E-state index contributed by atoms with van der Waals surface area (Å²) >= 11 is 0. The van der Waals surface area contributed by atoms with Crippen molar-refractivity contribution in [1.82, 2.24) is 4.90 Å². The molecule has 0 spiro atoms. The molecule has 1 heterocycles. The third-order valence-electron chi connectivity index (χ3n) is 5.45. The number of likely N-dealkylation sites (tertiary alicyclic amines) is 1. The Kier molecular flexibility index (Phi) is 6.98. The molecule has 3 rings (SSSR count). The summed E-state index contributed by atoms with van der Waals surface area (Å²) in [6.07, 6.45) is 3.25. The molecule has 0 bridgehead atoms. The van der Waals surface area contributed by atoms with E-state index in [0.29, 0.717) is 17.2 Å². The first-order valence-electron chi connectivity index (χ1n) is 10.6. The van der Waals surface area contributed by atoms with E-state index in [9.17, 15) is 9.59 Å². The second kappa shape index (κ2) is 9.65. The van der Waals surface area contributed by atoms with E-state index in [1.54, 1.807) is 6.07 Å². The van der Waals surface area contributed by atoms with E-state index < -0.39 is 0 Å². The van der Waals surface area contributed by atoms with E-state index >= 15 is 0 Å². The molecule has 0 radical (unpaired) electrons. The Balaban J connectivity index is 1.73. The van der Waals surface area contributed by atoms with Gasteiger partial charge >= 0.3 is 6.03 Å². The second-order valence-electron chi connectivity index (χ2n) is 8.34. The fourth-order valence-corrected chi connectivity index (χ4v) is 3.69. The molecular weight excluding hydrogens is 376 g/mol. The monoisotopic (exact) mass is 408 g/mol. The molecule has 6 heteroatoms. The van der Waals surface area contributed by atoms with Gasteiger partial charge in [-0.3, -0.25) is 4.79 Å². The van der Waals surface area contributed by atoms with Crippen LogP contribution in [-0.2, 0) is 0 Å². The summed E-state index contributed by atoms with van der Waals surface area (Å²) in [5.74, 6) is 0.464. The summed E-state index contributed by atoms with van der Waals surface area (Å²) in [6, 6.07) is 13.0. The first kappa shape index (κ1) is 21.7. The lowest BCUT2D eigenvalue weighted by Crippen LogP contribution is -2.36. The zero-order valence-electron chi connectivity index (χ0n) is 18.4. The van der Waals surface area contributed by atoms with Gasteiger partial charge in [-0.05, 0) is 61.1 Å². The standard InChI is InChI=1S/C24H32N4O2/c1-17(2)18-8-10-19(11-9-18)25-24(30)26-20-12-13-22(27(3)4)21(16-20)23(29)28-14-6-5-7-15-28/h8-13,16-17H,5-7,14-15H2,1-4H3,(H2,25,26,30). The number of carbonyl (C=O) groups excluding carboxylic acids is 2. The summed E-state index contributed by atoms with van der Waals surface area (Å²) in [4.78, 5) is 29.4. The number of nitrogens with one attached hydrogen (secondary N) is 2. The summed E-state index contributed by atoms with van der Waals surface area (Å²) in [7, 11) is 3.84. The Bertz CT molecular complexity index is 885. The fourth-order valence-electron chi connectivity index (χ4n) is 3.69. The van der Waals surface area contributed by atoms with E-state index in [1.807, 2.05) is 60.3 Å². The van der Waals surface area contributed by atoms with Gasteiger partial charge in [-0.1, -0.05) is 26.0 Å². The summed E-state index contributed by atoms with van der Waals surface area (Å²) in [5.41, 5.74) is 4.01. The Hall–Kier alpha value is -3.02. The summed E-state index contributed by atoms with van der Waals surface area (Å²) in [5, 5.41) is 5.70. The number of benzene rings is 2. The number of carbonyl (C=O) groups is 2. The van der Waals surface area contributed by atoms with Crippen molar-refractivity contribution in [3.63, 3.8) is 0 Å². The van der Waals surface area contributed by atoms with Crippen molar-refractivity contribution < 1.29 is 9.59 Å². The van der Waals surface area contributed by atoms with Crippen LogP contribution >= 0.6 is 0 Å². The van der Waals surface area contributed by atoms with Gasteiger partial charge in [-0.15, -0.1) is 0 Å². The molecule has 3 amide bonds. The number of anilines is 3. The van der Waals surface area contributed by atoms with Gasteiger partial charge < -0.3 is 20.4 Å². The quantitative estimate of drug-likeness (QED) is 0.719. The molecule has 1 saturated heterocycles. The SMILES string of the molecule is CC(C)c1ccc(NC(=O)Nc2ccc(N(C)C)c(C(=O)N3CCCCC3)c2)cc1. The van der Waals surface area contributed by atoms with Gasteiger partial charge in [0.1, 0.15) is 0 Å². The number of nitrogens with zero attached hydrogens (tertiary/aromatic N) is 2. The van der Waals surface area contributed by atoms with Crippen LogP contribution in [0.25, 0.3) is 0 Å². The molecule has 2 aromatic rings. The van der Waals surface area contributed by atoms with Crippen LogP contribution in [-0.4, -0.2) is 44.0 Å². The van der Waals surface area contributed by atoms with Crippen molar-refractivity contribution in [1.29, 1.82) is 0 Å². The van der Waals surface area contributed by atoms with Gasteiger partial charge in [0, 0.05) is 44.2 Å². The van der Waals surface area contributed by atoms with Crippen molar-refractivity contribution in [3.8, 4) is 0 Å². The van der Waals surface area contributed by atoms with Crippen LogP contribution in [0.4, 0.5) is 21.9 Å². The van der Waals surface area contributed by atoms with Crippen LogP contribution in [0, 0.1) is 0 Å². The smallest absolute Gasteiger partial charge is 0.323 e. The van der Waals surface area contributed by atoms with Crippen LogP contribution in [0.5, 0.6) is 0 Å². The van der Waals surface area contributed by atoms with Crippen molar-refractivity contribution >= 4 is 29.0 Å². The Morgan fingerprint density at radius 2 is 1.50 bits per heavy atom. The number of amides is 3. The average Bonchev–Trinajstić information content (AvgIpc) is 2.74. The zero-order valence-corrected chi connectivity index (χ0v) is 18.4. The second-order valence-corrected chi connectivity index (χ2v) is 8.34. The highest BCUT2D eigenvalue weighted by Crippen LogP contribution is 2.26. The summed E-state index contributed by atoms with van der Waals surface area (Å²) in [6.45, 7) is 5.84. The van der Waals surface area contributed by atoms with Gasteiger partial charge in [-0.2, -0.15) is 0 Å². The van der Waals surface area contributed by atoms with Crippen LogP contribution < -0.4 is 15.5 Å². The van der Waals surface area contributed by atoms with Gasteiger partial charge in [0.15, 0.2) is 0 Å². The fraction of sp³-hybridized carbons (Fsp3) is 0.417. The molecule has 0 atom stereocenters. The molecule has 6 nitrogen and oxygen atoms in total. The highest BCUT2D eigenvalue weighted by molar-refractivity contribution is 6.04. The maximum Gasteiger partial charge on any atom is 0.323 e. The van der Waals surface area contributed by atoms with Gasteiger partial charge in [0.2, 0.25) is 0 Å². The molecule has 0 aromatic heterocycles. The number of hydrogen-bond donors (Lipinski definition) is 2. The van der Waals surface area contributed by atoms with E-state index in [4.69, 9.17) is 0 Å². The number of hydrogen-bond acceptors (Lipinski definition) is 3. The molecule has 2 N–H and O–H groups in total. The first-order valence-corrected chi connectivity index (χ1v) is 10.6. The predicted molar refractivity (Wildman–Crippen MR) is 124 cm³/mol. The Morgan fingerprint density at radius 1 is 0.900 bits per heavy atom. The van der Waals surface area contributed by atoms with E-state index in [0.717, 1.165) is 37.3 Å². The molecule has 1 aliphatic rings. The maximum absolute atomic E-state index is 13.1. The van der Waals surface area contributed by atoms with Crippen molar-refractivity contribution in [2.24, 2.45) is 0 Å². The number of piperidine rings is 1. The Morgan fingerprint density at radius 3 is 2.10 bits per heavy atom. The molecule has 0 unspecified atom stereocenters. The van der Waals surface area contributed by atoms with Crippen LogP contribution in [0.3, 0.4) is 0 Å². The lowest BCUT2D eigenvalue weighted by Gasteiger charge is -2.28. The largest absolute Gasteiger partial charge is 0.377 e. The normalized spacial score (nSPS) is 13.8. The molecule has 160 valence electrons. The van der Waals surface area contributed by atoms with Gasteiger partial charge in [0.25, 0.3) is 5.91 Å². The molecule has 2 aromatic carbocycles. The topological polar surface area (TPSA) is 64.7 Å². The molecule has 0 aliphatic carbocycles. The predicted octanol–water partition coefficient (Wildman–Crippen LogP) is 5.15. The van der Waals surface area contributed by atoms with E-state index in [2.05, 4.69) is 24.5 Å².